The molecule has 0 spiro atoms. The highest BCUT2D eigenvalue weighted by atomic mass is 16.5. The molecule has 0 aromatic heterocycles. The molecule has 0 radical (unpaired) electrons. The maximum absolute atomic E-state index is 12.5. The summed E-state index contributed by atoms with van der Waals surface area (Å²) < 4.78 is 5.19. The molecule has 0 amide bonds. The first-order chi connectivity index (χ1) is 10.2. The maximum atomic E-state index is 12.5. The highest BCUT2D eigenvalue weighted by Crippen LogP contribution is 2.30. The molecule has 3 nitrogen and oxygen atoms in total. The van der Waals surface area contributed by atoms with Crippen molar-refractivity contribution >= 4 is 11.6 Å². The molecule has 0 saturated heterocycles. The van der Waals surface area contributed by atoms with E-state index in [0.29, 0.717) is 28.9 Å². The second-order valence-electron chi connectivity index (χ2n) is 5.41. The van der Waals surface area contributed by atoms with Crippen molar-refractivity contribution in [3.05, 3.63) is 41.0 Å². The lowest BCUT2D eigenvalue weighted by Crippen LogP contribution is -2.18. The zero-order valence-corrected chi connectivity index (χ0v) is 12.8. The van der Waals surface area contributed by atoms with Crippen LogP contribution < -0.4 is 4.74 Å². The molecule has 0 unspecified atom stereocenters. The smallest absolute Gasteiger partial charge is 0.190 e. The van der Waals surface area contributed by atoms with Gasteiger partial charge in [0.2, 0.25) is 0 Å². The summed E-state index contributed by atoms with van der Waals surface area (Å²) in [6, 6.07) is 5.18. The molecule has 1 aromatic rings. The fraction of sp³-hybridized carbons (Fsp3) is 0.444. The van der Waals surface area contributed by atoms with Crippen LogP contribution in [0.2, 0.25) is 0 Å². The first kappa shape index (κ1) is 15.5. The topological polar surface area (TPSA) is 43.4 Å². The minimum Gasteiger partial charge on any atom is -0.496 e. The second kappa shape index (κ2) is 7.21. The molecule has 21 heavy (non-hydrogen) atoms. The maximum Gasteiger partial charge on any atom is 0.190 e. The van der Waals surface area contributed by atoms with Crippen LogP contribution in [0.5, 0.6) is 5.75 Å². The lowest BCUT2D eigenvalue weighted by Gasteiger charge is -2.17. The van der Waals surface area contributed by atoms with Gasteiger partial charge in [0.25, 0.3) is 0 Å². The van der Waals surface area contributed by atoms with Crippen molar-refractivity contribution in [2.75, 3.05) is 7.11 Å². The summed E-state index contributed by atoms with van der Waals surface area (Å²) in [6.07, 6.45) is 7.87. The summed E-state index contributed by atoms with van der Waals surface area (Å²) in [5.41, 5.74) is 1.52. The largest absolute Gasteiger partial charge is 0.496 e. The van der Waals surface area contributed by atoms with Gasteiger partial charge in [0.15, 0.2) is 11.6 Å². The number of hydrogen-bond acceptors (Lipinski definition) is 3. The monoisotopic (exact) mass is 286 g/mol. The third kappa shape index (κ3) is 3.41. The summed E-state index contributed by atoms with van der Waals surface area (Å²) in [4.78, 5) is 24.7. The minimum atomic E-state index is -0.120. The summed E-state index contributed by atoms with van der Waals surface area (Å²) in [7, 11) is 1.51. The van der Waals surface area contributed by atoms with Crippen molar-refractivity contribution in [3.8, 4) is 5.75 Å². The third-order valence-corrected chi connectivity index (χ3v) is 3.88. The van der Waals surface area contributed by atoms with Crippen molar-refractivity contribution in [1.29, 1.82) is 0 Å². The Morgan fingerprint density at radius 2 is 1.81 bits per heavy atom. The van der Waals surface area contributed by atoms with Gasteiger partial charge in [0.1, 0.15) is 5.75 Å². The molecule has 0 N–H and O–H groups in total. The second-order valence-corrected chi connectivity index (χ2v) is 5.41. The Kier molecular flexibility index (Phi) is 5.32. The van der Waals surface area contributed by atoms with Gasteiger partial charge in [-0.05, 0) is 25.0 Å². The summed E-state index contributed by atoms with van der Waals surface area (Å²) >= 11 is 0. The number of ketones is 2. The van der Waals surface area contributed by atoms with Crippen LogP contribution in [0.25, 0.3) is 0 Å². The quantitative estimate of drug-likeness (QED) is 0.699. The van der Waals surface area contributed by atoms with E-state index < -0.39 is 0 Å². The summed E-state index contributed by atoms with van der Waals surface area (Å²) in [6.45, 7) is 2.18. The zero-order valence-electron chi connectivity index (χ0n) is 12.8. The molecule has 1 aromatic carbocycles. The van der Waals surface area contributed by atoms with E-state index in [1.807, 2.05) is 0 Å². The van der Waals surface area contributed by atoms with Gasteiger partial charge in [-0.3, -0.25) is 9.59 Å². The predicted octanol–water partition coefficient (Wildman–Crippen LogP) is 4.36. The number of carbonyl (C=O) groups excluding carboxylic acids is 2. The van der Waals surface area contributed by atoms with Gasteiger partial charge in [-0.25, -0.2) is 0 Å². The van der Waals surface area contributed by atoms with Crippen LogP contribution in [0.15, 0.2) is 29.8 Å². The van der Waals surface area contributed by atoms with Crippen molar-refractivity contribution in [3.63, 3.8) is 0 Å². The molecule has 112 valence electrons. The van der Waals surface area contributed by atoms with E-state index >= 15 is 0 Å². The number of methoxy groups -OCH3 is 1. The van der Waals surface area contributed by atoms with E-state index in [2.05, 4.69) is 6.92 Å². The van der Waals surface area contributed by atoms with Crippen LogP contribution in [0.4, 0.5) is 0 Å². The lowest BCUT2D eigenvalue weighted by molar-refractivity contribution is 0.0978. The molecule has 0 heterocycles. The average molecular weight is 286 g/mol. The van der Waals surface area contributed by atoms with Crippen LogP contribution >= 0.6 is 0 Å². The fourth-order valence-electron chi connectivity index (χ4n) is 2.72. The van der Waals surface area contributed by atoms with Gasteiger partial charge in [-0.15, -0.1) is 0 Å². The van der Waals surface area contributed by atoms with Crippen molar-refractivity contribution in [1.82, 2.24) is 0 Å². The highest BCUT2D eigenvalue weighted by molar-refractivity contribution is 6.25. The van der Waals surface area contributed by atoms with Crippen LogP contribution in [-0.4, -0.2) is 18.7 Å². The Labute approximate surface area is 126 Å². The molecule has 0 fully saturated rings. The van der Waals surface area contributed by atoms with Gasteiger partial charge >= 0.3 is 0 Å². The van der Waals surface area contributed by atoms with Crippen molar-refractivity contribution < 1.29 is 14.3 Å². The molecule has 1 aliphatic rings. The predicted molar refractivity (Wildman–Crippen MR) is 83.1 cm³/mol. The lowest BCUT2D eigenvalue weighted by atomic mass is 9.86. The number of benzene rings is 1. The molecular formula is C18H22O3. The van der Waals surface area contributed by atoms with E-state index in [1.165, 1.54) is 32.4 Å². The van der Waals surface area contributed by atoms with Gasteiger partial charge < -0.3 is 4.74 Å². The molecule has 0 atom stereocenters. The number of unbranched alkanes of at least 4 members (excludes halogenated alkanes) is 4. The van der Waals surface area contributed by atoms with Crippen LogP contribution in [0.1, 0.15) is 66.2 Å². The molecule has 1 aliphatic carbocycles. The van der Waals surface area contributed by atoms with Crippen LogP contribution in [0, 0.1) is 0 Å². The van der Waals surface area contributed by atoms with Crippen molar-refractivity contribution in [2.24, 2.45) is 0 Å². The normalized spacial score (nSPS) is 13.9. The number of fused-ring (bicyclic) bond motifs is 1. The Bertz CT molecular complexity index is 570. The highest BCUT2D eigenvalue weighted by Gasteiger charge is 2.27. The standard InChI is InChI=1S/C18H22O3/c1-3-4-5-6-7-9-13-12-15(19)17-14(18(13)20)10-8-11-16(17)21-2/h8,10-12H,3-7,9H2,1-2H3. The number of Topliss-reactive ketones (excluding diaryl/α,β-unsaturated/α-hetero) is 1. The van der Waals surface area contributed by atoms with Crippen molar-refractivity contribution in [2.45, 2.75) is 45.4 Å². The van der Waals surface area contributed by atoms with Gasteiger partial charge in [-0.2, -0.15) is 0 Å². The van der Waals surface area contributed by atoms with Gasteiger partial charge in [-0.1, -0.05) is 44.7 Å². The molecule has 0 bridgehead atoms. The number of hydrogen-bond donors (Lipinski definition) is 0. The molecule has 0 saturated carbocycles. The zero-order chi connectivity index (χ0) is 15.2. The van der Waals surface area contributed by atoms with E-state index in [4.69, 9.17) is 4.74 Å². The molecule has 2 rings (SSSR count). The first-order valence-corrected chi connectivity index (χ1v) is 7.65. The fourth-order valence-corrected chi connectivity index (χ4v) is 2.72. The number of ether oxygens (including phenoxy) is 1. The molecule has 0 aliphatic heterocycles. The Morgan fingerprint density at radius 3 is 2.52 bits per heavy atom. The Hall–Kier alpha value is -1.90. The number of allylic oxidation sites excluding steroid dienone is 2. The minimum absolute atomic E-state index is 0.0287. The van der Waals surface area contributed by atoms with E-state index in [0.717, 1.165) is 12.8 Å². The Balaban J connectivity index is 2.11. The van der Waals surface area contributed by atoms with E-state index in [1.54, 1.807) is 18.2 Å². The average Bonchev–Trinajstić information content (AvgIpc) is 2.51. The molecule has 3 heteroatoms. The number of rotatable bonds is 7. The van der Waals surface area contributed by atoms with Gasteiger partial charge in [0, 0.05) is 11.1 Å². The SMILES string of the molecule is CCCCCCCC1=CC(=O)c2c(OC)cccc2C1=O. The number of carbonyl (C=O) groups is 2. The van der Waals surface area contributed by atoms with Crippen LogP contribution in [-0.2, 0) is 0 Å². The van der Waals surface area contributed by atoms with E-state index in [9.17, 15) is 9.59 Å². The van der Waals surface area contributed by atoms with Gasteiger partial charge in [0.05, 0.1) is 12.7 Å². The third-order valence-electron chi connectivity index (χ3n) is 3.88. The van der Waals surface area contributed by atoms with E-state index in [-0.39, 0.29) is 11.6 Å². The Morgan fingerprint density at radius 1 is 1.05 bits per heavy atom. The summed E-state index contributed by atoms with van der Waals surface area (Å²) in [5.74, 6) is 0.327. The first-order valence-electron chi connectivity index (χ1n) is 7.65. The molecular weight excluding hydrogens is 264 g/mol. The summed E-state index contributed by atoms with van der Waals surface area (Å²) in [5, 5.41) is 0. The van der Waals surface area contributed by atoms with Crippen LogP contribution in [0.3, 0.4) is 0 Å².